The van der Waals surface area contributed by atoms with Crippen LogP contribution in [0.5, 0.6) is 5.75 Å². The molecule has 0 aliphatic heterocycles. The molecule has 3 rings (SSSR count). The Bertz CT molecular complexity index is 938. The summed E-state index contributed by atoms with van der Waals surface area (Å²) in [5.74, 6) is -1.80. The van der Waals surface area contributed by atoms with E-state index in [4.69, 9.17) is 9.84 Å². The van der Waals surface area contributed by atoms with E-state index in [0.29, 0.717) is 5.52 Å². The molecular formula is C20H20FNO3. The van der Waals surface area contributed by atoms with E-state index >= 15 is 0 Å². The second-order valence-electron chi connectivity index (χ2n) is 7.07. The number of carboxylic acid groups (broad SMARTS) is 1. The maximum Gasteiger partial charge on any atom is 0.341 e. The van der Waals surface area contributed by atoms with Crippen molar-refractivity contribution >= 4 is 16.9 Å². The monoisotopic (exact) mass is 341 g/mol. The number of rotatable bonds is 4. The summed E-state index contributed by atoms with van der Waals surface area (Å²) >= 11 is 0. The molecule has 130 valence electrons. The summed E-state index contributed by atoms with van der Waals surface area (Å²) in [6.45, 7) is 5.88. The van der Waals surface area contributed by atoms with Crippen LogP contribution >= 0.6 is 0 Å². The Hall–Kier alpha value is -2.82. The number of carbonyl (C=O) groups is 1. The Morgan fingerprint density at radius 1 is 1.20 bits per heavy atom. The SMILES string of the molecule is CC(C)(C)c1cccc(-c2cc3cc(OCC(=O)O)c(F)cc3[nH]2)c1. The molecule has 3 aromatic rings. The fourth-order valence-corrected chi connectivity index (χ4v) is 2.69. The van der Waals surface area contributed by atoms with Gasteiger partial charge in [-0.3, -0.25) is 0 Å². The van der Waals surface area contributed by atoms with Crippen LogP contribution in [0.3, 0.4) is 0 Å². The van der Waals surface area contributed by atoms with Crippen LogP contribution in [0.1, 0.15) is 26.3 Å². The van der Waals surface area contributed by atoms with Crippen molar-refractivity contribution in [1.82, 2.24) is 4.98 Å². The van der Waals surface area contributed by atoms with Gasteiger partial charge < -0.3 is 14.8 Å². The second kappa shape index (κ2) is 6.24. The van der Waals surface area contributed by atoms with E-state index in [1.165, 1.54) is 17.7 Å². The maximum atomic E-state index is 14.1. The van der Waals surface area contributed by atoms with E-state index in [1.54, 1.807) is 0 Å². The van der Waals surface area contributed by atoms with Crippen LogP contribution in [0.2, 0.25) is 0 Å². The number of hydrogen-bond acceptors (Lipinski definition) is 2. The third-order valence-corrected chi connectivity index (χ3v) is 4.06. The molecule has 0 fully saturated rings. The minimum atomic E-state index is -1.15. The Morgan fingerprint density at radius 3 is 2.64 bits per heavy atom. The van der Waals surface area contributed by atoms with Gasteiger partial charge >= 0.3 is 5.97 Å². The minimum Gasteiger partial charge on any atom is -0.479 e. The number of nitrogens with one attached hydrogen (secondary N) is 1. The summed E-state index contributed by atoms with van der Waals surface area (Å²) in [5.41, 5.74) is 3.76. The first-order valence-corrected chi connectivity index (χ1v) is 8.02. The number of ether oxygens (including phenoxy) is 1. The number of aliphatic carboxylic acids is 1. The summed E-state index contributed by atoms with van der Waals surface area (Å²) in [7, 11) is 0. The first-order valence-electron chi connectivity index (χ1n) is 8.02. The van der Waals surface area contributed by atoms with Gasteiger partial charge in [0.25, 0.3) is 0 Å². The predicted molar refractivity (Wildman–Crippen MR) is 95.5 cm³/mol. The van der Waals surface area contributed by atoms with Crippen LogP contribution in [0.4, 0.5) is 4.39 Å². The van der Waals surface area contributed by atoms with Gasteiger partial charge in [0.15, 0.2) is 18.2 Å². The molecule has 0 bridgehead atoms. The highest BCUT2D eigenvalue weighted by atomic mass is 19.1. The van der Waals surface area contributed by atoms with Gasteiger partial charge in [-0.1, -0.05) is 39.0 Å². The lowest BCUT2D eigenvalue weighted by Crippen LogP contribution is -2.10. The van der Waals surface area contributed by atoms with E-state index in [1.807, 2.05) is 18.2 Å². The van der Waals surface area contributed by atoms with Crippen LogP contribution in [0, 0.1) is 5.82 Å². The van der Waals surface area contributed by atoms with Crippen molar-refractivity contribution in [3.8, 4) is 17.0 Å². The number of aromatic nitrogens is 1. The Balaban J connectivity index is 2.00. The third kappa shape index (κ3) is 3.65. The minimum absolute atomic E-state index is 0.0337. The number of fused-ring (bicyclic) bond motifs is 1. The molecule has 0 saturated heterocycles. The molecule has 2 aromatic carbocycles. The van der Waals surface area contributed by atoms with Crippen LogP contribution in [-0.2, 0) is 10.2 Å². The van der Waals surface area contributed by atoms with Crippen LogP contribution < -0.4 is 4.74 Å². The molecule has 0 radical (unpaired) electrons. The summed E-state index contributed by atoms with van der Waals surface area (Å²) < 4.78 is 19.1. The summed E-state index contributed by atoms with van der Waals surface area (Å²) in [6.07, 6.45) is 0. The lowest BCUT2D eigenvalue weighted by Gasteiger charge is -2.19. The quantitative estimate of drug-likeness (QED) is 0.721. The van der Waals surface area contributed by atoms with Gasteiger partial charge in [0.1, 0.15) is 0 Å². The zero-order valence-corrected chi connectivity index (χ0v) is 14.4. The van der Waals surface area contributed by atoms with Crippen molar-refractivity contribution in [2.45, 2.75) is 26.2 Å². The summed E-state index contributed by atoms with van der Waals surface area (Å²) in [4.78, 5) is 13.8. The number of halogens is 1. The van der Waals surface area contributed by atoms with Crippen molar-refractivity contribution < 1.29 is 19.0 Å². The average Bonchev–Trinajstić information content (AvgIpc) is 2.94. The van der Waals surface area contributed by atoms with Gasteiger partial charge in [-0.25, -0.2) is 9.18 Å². The van der Waals surface area contributed by atoms with Gasteiger partial charge in [-0.15, -0.1) is 0 Å². The molecule has 0 saturated carbocycles. The van der Waals surface area contributed by atoms with Crippen LogP contribution in [0.15, 0.2) is 42.5 Å². The van der Waals surface area contributed by atoms with Gasteiger partial charge in [-0.2, -0.15) is 0 Å². The van der Waals surface area contributed by atoms with Crippen molar-refractivity contribution in [1.29, 1.82) is 0 Å². The van der Waals surface area contributed by atoms with Crippen LogP contribution in [-0.4, -0.2) is 22.7 Å². The number of benzene rings is 2. The standard InChI is InChI=1S/C20H20FNO3/c1-20(2,3)14-6-4-5-12(7-14)16-8-13-9-18(25-11-19(23)24)15(21)10-17(13)22-16/h4-10,22H,11H2,1-3H3,(H,23,24). The predicted octanol–water partition coefficient (Wildman–Crippen LogP) is 4.73. The molecule has 25 heavy (non-hydrogen) atoms. The van der Waals surface area contributed by atoms with Crippen LogP contribution in [0.25, 0.3) is 22.2 Å². The van der Waals surface area contributed by atoms with E-state index in [9.17, 15) is 9.18 Å². The summed E-state index contributed by atoms with van der Waals surface area (Å²) in [6, 6.07) is 12.9. The van der Waals surface area contributed by atoms with E-state index in [0.717, 1.165) is 16.6 Å². The molecule has 1 aromatic heterocycles. The second-order valence-corrected chi connectivity index (χ2v) is 7.07. The Morgan fingerprint density at radius 2 is 1.96 bits per heavy atom. The third-order valence-electron chi connectivity index (χ3n) is 4.06. The first kappa shape index (κ1) is 17.0. The van der Waals surface area contributed by atoms with Crippen molar-refractivity contribution in [3.05, 3.63) is 53.8 Å². The van der Waals surface area contributed by atoms with Gasteiger partial charge in [-0.05, 0) is 34.7 Å². The Labute approximate surface area is 145 Å². The van der Waals surface area contributed by atoms with Gasteiger partial charge in [0.2, 0.25) is 0 Å². The zero-order chi connectivity index (χ0) is 18.2. The fraction of sp³-hybridized carbons (Fsp3) is 0.250. The first-order chi connectivity index (χ1) is 11.7. The largest absolute Gasteiger partial charge is 0.479 e. The molecule has 5 heteroatoms. The molecule has 0 aliphatic carbocycles. The van der Waals surface area contributed by atoms with E-state index < -0.39 is 18.4 Å². The highest BCUT2D eigenvalue weighted by Crippen LogP contribution is 2.31. The average molecular weight is 341 g/mol. The molecule has 0 amide bonds. The molecular weight excluding hydrogens is 321 g/mol. The normalized spacial score (nSPS) is 11.7. The van der Waals surface area contributed by atoms with E-state index in [-0.39, 0.29) is 11.2 Å². The van der Waals surface area contributed by atoms with E-state index in [2.05, 4.69) is 37.9 Å². The number of hydrogen-bond donors (Lipinski definition) is 2. The van der Waals surface area contributed by atoms with Gasteiger partial charge in [0, 0.05) is 22.7 Å². The molecule has 0 atom stereocenters. The van der Waals surface area contributed by atoms with Crippen molar-refractivity contribution in [3.63, 3.8) is 0 Å². The van der Waals surface area contributed by atoms with Gasteiger partial charge in [0.05, 0.1) is 0 Å². The fourth-order valence-electron chi connectivity index (χ4n) is 2.69. The lowest BCUT2D eigenvalue weighted by molar-refractivity contribution is -0.139. The smallest absolute Gasteiger partial charge is 0.341 e. The number of carboxylic acids is 1. The highest BCUT2D eigenvalue weighted by Gasteiger charge is 2.15. The van der Waals surface area contributed by atoms with Crippen molar-refractivity contribution in [2.24, 2.45) is 0 Å². The lowest BCUT2D eigenvalue weighted by atomic mass is 9.86. The maximum absolute atomic E-state index is 14.1. The molecule has 4 nitrogen and oxygen atoms in total. The Kier molecular flexibility index (Phi) is 4.25. The zero-order valence-electron chi connectivity index (χ0n) is 14.4. The molecule has 0 spiro atoms. The molecule has 0 aliphatic rings. The molecule has 2 N–H and O–H groups in total. The number of H-pyrrole nitrogens is 1. The topological polar surface area (TPSA) is 62.3 Å². The highest BCUT2D eigenvalue weighted by molar-refractivity contribution is 5.87. The summed E-state index contributed by atoms with van der Waals surface area (Å²) in [5, 5.41) is 9.43. The molecule has 0 unspecified atom stereocenters. The number of aromatic amines is 1. The molecule has 1 heterocycles. The van der Waals surface area contributed by atoms with Crippen molar-refractivity contribution in [2.75, 3.05) is 6.61 Å².